The zero-order valence-electron chi connectivity index (χ0n) is 14.1. The second-order valence-electron chi connectivity index (χ2n) is 7.18. The molecule has 1 N–H and O–H groups in total. The number of halogens is 1. The van der Waals surface area contributed by atoms with Crippen molar-refractivity contribution in [3.8, 4) is 0 Å². The van der Waals surface area contributed by atoms with Gasteiger partial charge in [0.2, 0.25) is 11.8 Å². The van der Waals surface area contributed by atoms with Gasteiger partial charge in [-0.05, 0) is 30.5 Å². The van der Waals surface area contributed by atoms with Crippen LogP contribution in [0.4, 0.5) is 0 Å². The standard InChI is InChI=1S/C18H25ClN2O2/c1-18(2,3)17(23)21-10-4-5-14(12-21)16(22)20-11-13-6-8-15(19)9-7-13/h6-9,14H,4-5,10-12H2,1-3H3,(H,20,22)/t14-/m1/s1. The van der Waals surface area contributed by atoms with E-state index in [4.69, 9.17) is 11.6 Å². The molecule has 1 aromatic carbocycles. The second-order valence-corrected chi connectivity index (χ2v) is 7.62. The first kappa shape index (κ1) is 17.8. The first-order chi connectivity index (χ1) is 10.8. The first-order valence-electron chi connectivity index (χ1n) is 8.09. The Balaban J connectivity index is 1.89. The van der Waals surface area contributed by atoms with Crippen molar-refractivity contribution < 1.29 is 9.59 Å². The van der Waals surface area contributed by atoms with Gasteiger partial charge in [0.1, 0.15) is 0 Å². The molecule has 0 saturated carbocycles. The predicted molar refractivity (Wildman–Crippen MR) is 92.1 cm³/mol. The minimum atomic E-state index is -0.401. The molecule has 0 radical (unpaired) electrons. The van der Waals surface area contributed by atoms with Crippen molar-refractivity contribution in [3.63, 3.8) is 0 Å². The van der Waals surface area contributed by atoms with Crippen LogP contribution >= 0.6 is 11.6 Å². The Morgan fingerprint density at radius 2 is 1.91 bits per heavy atom. The summed E-state index contributed by atoms with van der Waals surface area (Å²) in [4.78, 5) is 26.6. The molecule has 1 atom stereocenters. The number of hydrogen-bond donors (Lipinski definition) is 1. The van der Waals surface area contributed by atoms with Crippen LogP contribution in [0.3, 0.4) is 0 Å². The number of likely N-dealkylation sites (tertiary alicyclic amines) is 1. The molecule has 2 amide bonds. The van der Waals surface area contributed by atoms with Crippen LogP contribution in [0.5, 0.6) is 0 Å². The Morgan fingerprint density at radius 3 is 2.52 bits per heavy atom. The van der Waals surface area contributed by atoms with Crippen molar-refractivity contribution in [2.45, 2.75) is 40.2 Å². The first-order valence-corrected chi connectivity index (χ1v) is 8.46. The van der Waals surface area contributed by atoms with Gasteiger partial charge in [-0.1, -0.05) is 44.5 Å². The zero-order chi connectivity index (χ0) is 17.0. The molecule has 1 aromatic rings. The fourth-order valence-corrected chi connectivity index (χ4v) is 2.91. The van der Waals surface area contributed by atoms with E-state index < -0.39 is 5.41 Å². The van der Waals surface area contributed by atoms with Gasteiger partial charge in [-0.3, -0.25) is 9.59 Å². The number of carbonyl (C=O) groups excluding carboxylic acids is 2. The molecule has 0 spiro atoms. The normalized spacial score (nSPS) is 18.6. The van der Waals surface area contributed by atoms with E-state index in [0.717, 1.165) is 24.9 Å². The molecule has 23 heavy (non-hydrogen) atoms. The van der Waals surface area contributed by atoms with E-state index in [0.29, 0.717) is 18.1 Å². The van der Waals surface area contributed by atoms with Crippen LogP contribution in [-0.2, 0) is 16.1 Å². The minimum absolute atomic E-state index is 0.0198. The van der Waals surface area contributed by atoms with Crippen LogP contribution in [0.15, 0.2) is 24.3 Å². The van der Waals surface area contributed by atoms with Gasteiger partial charge in [0.05, 0.1) is 5.92 Å². The summed E-state index contributed by atoms with van der Waals surface area (Å²) in [5, 5.41) is 3.65. The molecule has 1 aliphatic rings. The summed E-state index contributed by atoms with van der Waals surface area (Å²) in [5.74, 6) is 0.0152. The van der Waals surface area contributed by atoms with Crippen LogP contribution in [0.1, 0.15) is 39.2 Å². The van der Waals surface area contributed by atoms with Gasteiger partial charge in [0, 0.05) is 30.1 Å². The van der Waals surface area contributed by atoms with E-state index in [2.05, 4.69) is 5.32 Å². The molecular formula is C18H25ClN2O2. The van der Waals surface area contributed by atoms with Crippen molar-refractivity contribution in [2.24, 2.45) is 11.3 Å². The molecule has 5 heteroatoms. The maximum Gasteiger partial charge on any atom is 0.227 e. The lowest BCUT2D eigenvalue weighted by molar-refractivity contribution is -0.142. The molecule has 2 rings (SSSR count). The number of nitrogens with one attached hydrogen (secondary N) is 1. The summed E-state index contributed by atoms with van der Waals surface area (Å²) in [6, 6.07) is 7.43. The van der Waals surface area contributed by atoms with E-state index in [1.54, 1.807) is 0 Å². The van der Waals surface area contributed by atoms with E-state index in [-0.39, 0.29) is 17.7 Å². The van der Waals surface area contributed by atoms with Crippen LogP contribution in [0.25, 0.3) is 0 Å². The van der Waals surface area contributed by atoms with Gasteiger partial charge < -0.3 is 10.2 Å². The maximum atomic E-state index is 12.4. The monoisotopic (exact) mass is 336 g/mol. The number of nitrogens with zero attached hydrogens (tertiary/aromatic N) is 1. The van der Waals surface area contributed by atoms with Gasteiger partial charge in [-0.2, -0.15) is 0 Å². The lowest BCUT2D eigenvalue weighted by atomic mass is 9.91. The number of benzene rings is 1. The maximum absolute atomic E-state index is 12.4. The van der Waals surface area contributed by atoms with E-state index in [1.165, 1.54) is 0 Å². The summed E-state index contributed by atoms with van der Waals surface area (Å²) < 4.78 is 0. The molecule has 1 saturated heterocycles. The zero-order valence-corrected chi connectivity index (χ0v) is 14.8. The molecular weight excluding hydrogens is 312 g/mol. The van der Waals surface area contributed by atoms with Gasteiger partial charge in [0.15, 0.2) is 0 Å². The summed E-state index contributed by atoms with van der Waals surface area (Å²) in [6.07, 6.45) is 1.71. The van der Waals surface area contributed by atoms with Gasteiger partial charge in [0.25, 0.3) is 0 Å². The van der Waals surface area contributed by atoms with Crippen molar-refractivity contribution >= 4 is 23.4 Å². The third-order valence-corrected chi connectivity index (χ3v) is 4.35. The fourth-order valence-electron chi connectivity index (χ4n) is 2.79. The number of piperidine rings is 1. The van der Waals surface area contributed by atoms with Crippen LogP contribution in [0.2, 0.25) is 5.02 Å². The van der Waals surface area contributed by atoms with Gasteiger partial charge in [-0.25, -0.2) is 0 Å². The molecule has 126 valence electrons. The predicted octanol–water partition coefficient (Wildman–Crippen LogP) is 3.24. The quantitative estimate of drug-likeness (QED) is 0.921. The van der Waals surface area contributed by atoms with Crippen molar-refractivity contribution in [3.05, 3.63) is 34.9 Å². The lowest BCUT2D eigenvalue weighted by Gasteiger charge is -2.35. The number of carbonyl (C=O) groups is 2. The third-order valence-electron chi connectivity index (χ3n) is 4.10. The topological polar surface area (TPSA) is 49.4 Å². The number of rotatable bonds is 3. The van der Waals surface area contributed by atoms with Crippen molar-refractivity contribution in [1.29, 1.82) is 0 Å². The smallest absolute Gasteiger partial charge is 0.227 e. The molecule has 0 bridgehead atoms. The minimum Gasteiger partial charge on any atom is -0.352 e. The second kappa shape index (κ2) is 7.35. The Kier molecular flexibility index (Phi) is 5.69. The molecule has 0 aromatic heterocycles. The Hall–Kier alpha value is -1.55. The molecule has 0 aliphatic carbocycles. The highest BCUT2D eigenvalue weighted by Gasteiger charge is 2.33. The molecule has 1 heterocycles. The average Bonchev–Trinajstić information content (AvgIpc) is 2.52. The Labute approximate surface area is 143 Å². The lowest BCUT2D eigenvalue weighted by Crippen LogP contribution is -2.48. The highest BCUT2D eigenvalue weighted by Crippen LogP contribution is 2.23. The van der Waals surface area contributed by atoms with Crippen molar-refractivity contribution in [1.82, 2.24) is 10.2 Å². The highest BCUT2D eigenvalue weighted by molar-refractivity contribution is 6.30. The molecule has 1 fully saturated rings. The van der Waals surface area contributed by atoms with E-state index in [1.807, 2.05) is 49.9 Å². The molecule has 0 unspecified atom stereocenters. The SMILES string of the molecule is CC(C)(C)C(=O)N1CCC[C@@H](C(=O)NCc2ccc(Cl)cc2)C1. The average molecular weight is 337 g/mol. The fraction of sp³-hybridized carbons (Fsp3) is 0.556. The van der Waals surface area contributed by atoms with Gasteiger partial charge in [-0.15, -0.1) is 0 Å². The van der Waals surface area contributed by atoms with Crippen LogP contribution in [-0.4, -0.2) is 29.8 Å². The number of hydrogen-bond acceptors (Lipinski definition) is 2. The third kappa shape index (κ3) is 4.96. The van der Waals surface area contributed by atoms with Crippen molar-refractivity contribution in [2.75, 3.05) is 13.1 Å². The van der Waals surface area contributed by atoms with Gasteiger partial charge >= 0.3 is 0 Å². The summed E-state index contributed by atoms with van der Waals surface area (Å²) >= 11 is 5.85. The van der Waals surface area contributed by atoms with Crippen LogP contribution in [0, 0.1) is 11.3 Å². The van der Waals surface area contributed by atoms with Crippen LogP contribution < -0.4 is 5.32 Å². The van der Waals surface area contributed by atoms with E-state index >= 15 is 0 Å². The molecule has 4 nitrogen and oxygen atoms in total. The Bertz CT molecular complexity index is 563. The van der Waals surface area contributed by atoms with E-state index in [9.17, 15) is 9.59 Å². The summed E-state index contributed by atoms with van der Waals surface area (Å²) in [5.41, 5.74) is 0.614. The number of amides is 2. The summed E-state index contributed by atoms with van der Waals surface area (Å²) in [7, 11) is 0. The Morgan fingerprint density at radius 1 is 1.26 bits per heavy atom. The summed E-state index contributed by atoms with van der Waals surface area (Å²) in [6.45, 7) is 7.50. The molecule has 1 aliphatic heterocycles. The highest BCUT2D eigenvalue weighted by atomic mass is 35.5. The largest absolute Gasteiger partial charge is 0.352 e.